The van der Waals surface area contributed by atoms with Gasteiger partial charge in [0.15, 0.2) is 17.4 Å². The van der Waals surface area contributed by atoms with Crippen LogP contribution in [0.5, 0.6) is 11.8 Å². The molecule has 0 unspecified atom stereocenters. The normalized spacial score (nSPS) is 21.4. The molecule has 1 aromatic heterocycles. The molecule has 2 fully saturated rings. The van der Waals surface area contributed by atoms with Gasteiger partial charge < -0.3 is 19.5 Å². The Morgan fingerprint density at radius 1 is 1.21 bits per heavy atom. The van der Waals surface area contributed by atoms with E-state index in [9.17, 15) is 13.6 Å². The van der Waals surface area contributed by atoms with Crippen LogP contribution in [0.3, 0.4) is 0 Å². The van der Waals surface area contributed by atoms with Crippen molar-refractivity contribution in [3.8, 4) is 17.8 Å². The van der Waals surface area contributed by atoms with Gasteiger partial charge in [0, 0.05) is 19.2 Å². The molecular formula is C23H28F2N4O4. The summed E-state index contributed by atoms with van der Waals surface area (Å²) in [5.41, 5.74) is -0.0392. The van der Waals surface area contributed by atoms with Gasteiger partial charge in [0.2, 0.25) is 5.91 Å². The number of benzene rings is 1. The number of nitrogens with one attached hydrogen (secondary N) is 1. The molecular weight excluding hydrogens is 434 g/mol. The number of imidazole rings is 1. The Labute approximate surface area is 190 Å². The van der Waals surface area contributed by atoms with Crippen LogP contribution in [-0.4, -0.2) is 46.4 Å². The first-order valence-electron chi connectivity index (χ1n) is 11.3. The van der Waals surface area contributed by atoms with Gasteiger partial charge in [-0.3, -0.25) is 9.36 Å². The minimum atomic E-state index is -0.638. The van der Waals surface area contributed by atoms with Crippen molar-refractivity contribution < 1.29 is 27.8 Å². The zero-order valence-corrected chi connectivity index (χ0v) is 18.8. The second kappa shape index (κ2) is 9.91. The number of nitrogens with zero attached hydrogens (tertiary/aromatic N) is 3. The van der Waals surface area contributed by atoms with Crippen molar-refractivity contribution in [1.29, 1.82) is 5.26 Å². The summed E-state index contributed by atoms with van der Waals surface area (Å²) in [6.07, 6.45) is 4.32. The predicted molar refractivity (Wildman–Crippen MR) is 115 cm³/mol. The standard InChI is InChI=1S/C23H28F2N4O4/c1-13(27-19(30)9-10-26)12-31-14-3-5-16(6-4-14)33-23-28-21-17(24)11-18(32-15-7-8-15)20(25)22(21)29(23)2/h11,13-16H,3-9,12H2,1-2H3,(H,27,30)/t13-,14-,16-/m0/s1. The lowest BCUT2D eigenvalue weighted by atomic mass is 9.95. The highest BCUT2D eigenvalue weighted by atomic mass is 19.1. The van der Waals surface area contributed by atoms with Crippen LogP contribution < -0.4 is 14.8 Å². The van der Waals surface area contributed by atoms with E-state index in [1.807, 2.05) is 13.0 Å². The maximum absolute atomic E-state index is 14.9. The Hall–Kier alpha value is -2.93. The van der Waals surface area contributed by atoms with Crippen LogP contribution in [0.15, 0.2) is 6.07 Å². The van der Waals surface area contributed by atoms with E-state index in [1.165, 1.54) is 4.57 Å². The van der Waals surface area contributed by atoms with E-state index in [4.69, 9.17) is 19.5 Å². The lowest BCUT2D eigenvalue weighted by Crippen LogP contribution is -2.37. The lowest BCUT2D eigenvalue weighted by Gasteiger charge is -2.29. The summed E-state index contributed by atoms with van der Waals surface area (Å²) < 4.78 is 48.3. The van der Waals surface area contributed by atoms with Crippen molar-refractivity contribution in [2.24, 2.45) is 7.05 Å². The van der Waals surface area contributed by atoms with Gasteiger partial charge in [0.1, 0.15) is 23.6 Å². The van der Waals surface area contributed by atoms with Crippen molar-refractivity contribution in [2.75, 3.05) is 6.61 Å². The van der Waals surface area contributed by atoms with Gasteiger partial charge in [0.25, 0.3) is 6.01 Å². The van der Waals surface area contributed by atoms with E-state index in [-0.39, 0.29) is 59.5 Å². The minimum Gasteiger partial charge on any atom is -0.487 e. The van der Waals surface area contributed by atoms with E-state index in [0.29, 0.717) is 19.4 Å². The molecule has 10 heteroatoms. The van der Waals surface area contributed by atoms with Gasteiger partial charge in [-0.25, -0.2) is 8.78 Å². The highest BCUT2D eigenvalue weighted by Gasteiger charge is 2.29. The maximum Gasteiger partial charge on any atom is 0.297 e. The number of nitriles is 1. The van der Waals surface area contributed by atoms with Gasteiger partial charge in [-0.15, -0.1) is 0 Å². The van der Waals surface area contributed by atoms with E-state index in [2.05, 4.69) is 10.3 Å². The van der Waals surface area contributed by atoms with Crippen LogP contribution in [0.1, 0.15) is 51.9 Å². The van der Waals surface area contributed by atoms with Gasteiger partial charge in [-0.1, -0.05) is 0 Å². The van der Waals surface area contributed by atoms with Crippen LogP contribution in [-0.2, 0) is 16.6 Å². The average Bonchev–Trinajstić information content (AvgIpc) is 3.54. The van der Waals surface area contributed by atoms with Crippen molar-refractivity contribution in [3.63, 3.8) is 0 Å². The van der Waals surface area contributed by atoms with Crippen LogP contribution in [0.2, 0.25) is 0 Å². The van der Waals surface area contributed by atoms with Crippen molar-refractivity contribution >= 4 is 16.9 Å². The molecule has 1 N–H and O–H groups in total. The zero-order valence-electron chi connectivity index (χ0n) is 18.8. The summed E-state index contributed by atoms with van der Waals surface area (Å²) in [4.78, 5) is 15.7. The molecule has 2 aliphatic carbocycles. The number of aryl methyl sites for hydroxylation is 1. The largest absolute Gasteiger partial charge is 0.487 e. The van der Waals surface area contributed by atoms with Crippen LogP contribution >= 0.6 is 0 Å². The highest BCUT2D eigenvalue weighted by Crippen LogP contribution is 2.35. The summed E-state index contributed by atoms with van der Waals surface area (Å²) >= 11 is 0. The summed E-state index contributed by atoms with van der Waals surface area (Å²) in [5.74, 6) is -1.67. The quantitative estimate of drug-likeness (QED) is 0.612. The molecule has 8 nitrogen and oxygen atoms in total. The monoisotopic (exact) mass is 462 g/mol. The maximum atomic E-state index is 14.9. The van der Waals surface area contributed by atoms with Crippen molar-refractivity contribution in [3.05, 3.63) is 17.7 Å². The van der Waals surface area contributed by atoms with Crippen molar-refractivity contribution in [1.82, 2.24) is 14.9 Å². The molecule has 2 saturated carbocycles. The number of hydrogen-bond donors (Lipinski definition) is 1. The minimum absolute atomic E-state index is 0.0325. The summed E-state index contributed by atoms with van der Waals surface area (Å²) in [6.45, 7) is 2.19. The number of halogens is 2. The van der Waals surface area contributed by atoms with Gasteiger partial charge in [0.05, 0.1) is 24.9 Å². The van der Waals surface area contributed by atoms with E-state index >= 15 is 0 Å². The molecule has 0 spiro atoms. The van der Waals surface area contributed by atoms with Crippen LogP contribution in [0.25, 0.3) is 11.0 Å². The third-order valence-corrected chi connectivity index (χ3v) is 5.90. The molecule has 178 valence electrons. The Balaban J connectivity index is 1.32. The smallest absolute Gasteiger partial charge is 0.297 e. The Morgan fingerprint density at radius 2 is 1.85 bits per heavy atom. The lowest BCUT2D eigenvalue weighted by molar-refractivity contribution is -0.121. The number of carbonyl (C=O) groups is 1. The number of fused-ring (bicyclic) bond motifs is 1. The molecule has 2 aromatic rings. The second-order valence-corrected chi connectivity index (χ2v) is 8.79. The predicted octanol–water partition coefficient (Wildman–Crippen LogP) is 3.52. The van der Waals surface area contributed by atoms with E-state index in [1.54, 1.807) is 7.05 Å². The van der Waals surface area contributed by atoms with Gasteiger partial charge >= 0.3 is 0 Å². The number of carbonyl (C=O) groups excluding carboxylic acids is 1. The first-order chi connectivity index (χ1) is 15.9. The number of ether oxygens (including phenoxy) is 3. The molecule has 0 saturated heterocycles. The fourth-order valence-corrected chi connectivity index (χ4v) is 4.00. The summed E-state index contributed by atoms with van der Waals surface area (Å²) in [6, 6.07) is 2.86. The van der Waals surface area contributed by atoms with Gasteiger partial charge in [-0.05, 0) is 45.4 Å². The molecule has 0 aliphatic heterocycles. The molecule has 1 aromatic carbocycles. The SMILES string of the molecule is C[C@@H](CO[C@H]1CC[C@H](Oc2nc3c(F)cc(OC4CC4)c(F)c3n2C)CC1)NC(=O)CC#N. The Bertz CT molecular complexity index is 1060. The van der Waals surface area contributed by atoms with Crippen molar-refractivity contribution in [2.45, 2.75) is 76.2 Å². The first-order valence-corrected chi connectivity index (χ1v) is 11.3. The zero-order chi connectivity index (χ0) is 23.5. The fraction of sp³-hybridized carbons (Fsp3) is 0.609. The molecule has 4 rings (SSSR count). The van der Waals surface area contributed by atoms with Crippen LogP contribution in [0.4, 0.5) is 8.78 Å². The summed E-state index contributed by atoms with van der Waals surface area (Å²) in [5, 5.41) is 11.3. The highest BCUT2D eigenvalue weighted by molar-refractivity contribution is 5.80. The molecule has 1 atom stereocenters. The summed E-state index contributed by atoms with van der Waals surface area (Å²) in [7, 11) is 1.60. The molecule has 1 amide bonds. The van der Waals surface area contributed by atoms with Gasteiger partial charge in [-0.2, -0.15) is 10.2 Å². The van der Waals surface area contributed by atoms with E-state index in [0.717, 1.165) is 31.7 Å². The third kappa shape index (κ3) is 5.53. The second-order valence-electron chi connectivity index (χ2n) is 8.79. The number of aromatic nitrogens is 2. The molecule has 0 radical (unpaired) electrons. The number of rotatable bonds is 9. The molecule has 0 bridgehead atoms. The topological polar surface area (TPSA) is 98.4 Å². The number of amides is 1. The van der Waals surface area contributed by atoms with Crippen LogP contribution in [0, 0.1) is 23.0 Å². The number of hydrogen-bond acceptors (Lipinski definition) is 6. The van der Waals surface area contributed by atoms with E-state index < -0.39 is 11.6 Å². The third-order valence-electron chi connectivity index (χ3n) is 5.90. The Kier molecular flexibility index (Phi) is 6.98. The molecule has 2 aliphatic rings. The Morgan fingerprint density at radius 3 is 2.52 bits per heavy atom. The average molecular weight is 462 g/mol. The molecule has 33 heavy (non-hydrogen) atoms. The first kappa shape index (κ1) is 23.2. The fourth-order valence-electron chi connectivity index (χ4n) is 4.00. The molecule has 1 heterocycles.